The lowest BCUT2D eigenvalue weighted by Crippen LogP contribution is -2.29. The third-order valence-electron chi connectivity index (χ3n) is 9.90. The van der Waals surface area contributed by atoms with E-state index >= 15 is 0 Å². The van der Waals surface area contributed by atoms with Crippen molar-refractivity contribution in [3.63, 3.8) is 0 Å². The Balaban J connectivity index is 4.10. The van der Waals surface area contributed by atoms with Crippen LogP contribution in [-0.2, 0) is 32.7 Å². The van der Waals surface area contributed by atoms with Crippen LogP contribution in [0.2, 0.25) is 0 Å². The summed E-state index contributed by atoms with van der Waals surface area (Å²) in [6, 6.07) is 0. The molecule has 1 unspecified atom stereocenters. The van der Waals surface area contributed by atoms with Crippen molar-refractivity contribution in [2.45, 2.75) is 232 Å². The van der Waals surface area contributed by atoms with Gasteiger partial charge in [0.2, 0.25) is 0 Å². The first-order valence-corrected chi connectivity index (χ1v) is 24.2. The molecule has 0 aromatic rings. The van der Waals surface area contributed by atoms with E-state index in [9.17, 15) is 19.0 Å². The van der Waals surface area contributed by atoms with Crippen molar-refractivity contribution < 1.29 is 37.6 Å². The summed E-state index contributed by atoms with van der Waals surface area (Å²) >= 11 is 0. The van der Waals surface area contributed by atoms with Gasteiger partial charge in [-0.25, -0.2) is 4.57 Å². The van der Waals surface area contributed by atoms with E-state index in [1.807, 2.05) is 0 Å². The Hall–Kier alpha value is -1.25. The van der Waals surface area contributed by atoms with Crippen LogP contribution in [0.3, 0.4) is 0 Å². The molecule has 320 valence electrons. The molecular formula is C44H86NO8P. The van der Waals surface area contributed by atoms with Gasteiger partial charge < -0.3 is 20.1 Å². The van der Waals surface area contributed by atoms with Gasteiger partial charge in [-0.2, -0.15) is 0 Å². The zero-order valence-corrected chi connectivity index (χ0v) is 36.1. The summed E-state index contributed by atoms with van der Waals surface area (Å²) in [6.45, 7) is 3.76. The molecule has 0 fully saturated rings. The van der Waals surface area contributed by atoms with Crippen LogP contribution in [-0.4, -0.2) is 49.3 Å². The average Bonchev–Trinajstić information content (AvgIpc) is 3.16. The molecule has 0 aliphatic carbocycles. The Morgan fingerprint density at radius 1 is 0.537 bits per heavy atom. The van der Waals surface area contributed by atoms with Crippen LogP contribution in [0.25, 0.3) is 0 Å². The summed E-state index contributed by atoms with van der Waals surface area (Å²) in [6.07, 6.45) is 42.4. The van der Waals surface area contributed by atoms with Gasteiger partial charge in [0.1, 0.15) is 6.61 Å². The van der Waals surface area contributed by atoms with Gasteiger partial charge in [0.25, 0.3) is 0 Å². The van der Waals surface area contributed by atoms with Gasteiger partial charge in [-0.15, -0.1) is 0 Å². The summed E-state index contributed by atoms with van der Waals surface area (Å²) in [4.78, 5) is 34.9. The van der Waals surface area contributed by atoms with Crippen molar-refractivity contribution >= 4 is 19.8 Å². The molecule has 0 aromatic carbocycles. The lowest BCUT2D eigenvalue weighted by molar-refractivity contribution is -0.161. The Morgan fingerprint density at radius 2 is 0.907 bits per heavy atom. The minimum absolute atomic E-state index is 0.0549. The van der Waals surface area contributed by atoms with Crippen LogP contribution >= 0.6 is 7.82 Å². The number of phosphoric ester groups is 1. The number of nitrogens with two attached hydrogens (primary N) is 1. The van der Waals surface area contributed by atoms with Crippen molar-refractivity contribution in [3.8, 4) is 0 Å². The van der Waals surface area contributed by atoms with Crippen molar-refractivity contribution in [3.05, 3.63) is 12.2 Å². The molecule has 54 heavy (non-hydrogen) atoms. The summed E-state index contributed by atoms with van der Waals surface area (Å²) in [5, 5.41) is 0. The van der Waals surface area contributed by atoms with Crippen molar-refractivity contribution in [1.82, 2.24) is 0 Å². The maximum Gasteiger partial charge on any atom is 0.472 e. The number of hydrogen-bond donors (Lipinski definition) is 2. The zero-order chi connectivity index (χ0) is 39.6. The maximum atomic E-state index is 12.6. The molecule has 0 amide bonds. The van der Waals surface area contributed by atoms with E-state index in [4.69, 9.17) is 24.3 Å². The van der Waals surface area contributed by atoms with Gasteiger partial charge in [0.15, 0.2) is 6.10 Å². The molecule has 0 radical (unpaired) electrons. The predicted octanol–water partition coefficient (Wildman–Crippen LogP) is 13.0. The van der Waals surface area contributed by atoms with Crippen molar-refractivity contribution in [2.75, 3.05) is 26.4 Å². The minimum Gasteiger partial charge on any atom is -0.462 e. The van der Waals surface area contributed by atoms with E-state index in [0.717, 1.165) is 51.4 Å². The first-order valence-electron chi connectivity index (χ1n) is 22.7. The number of hydrogen-bond acceptors (Lipinski definition) is 8. The number of unbranched alkanes of at least 4 members (excludes halogenated alkanes) is 28. The molecule has 0 spiro atoms. The highest BCUT2D eigenvalue weighted by Crippen LogP contribution is 2.43. The standard InChI is InChI=1S/C44H86NO8P/c1-3-5-7-9-11-13-15-17-19-21-23-24-26-28-30-32-34-36-43(46)50-40-42(41-52-54(48,49)51-39-38-45)53-44(47)37-35-33-31-29-27-25-22-20-18-16-14-12-10-8-6-4-2/h20,22,42H,3-19,21,23-41,45H2,1-2H3,(H,48,49)/b22-20-/t42-/m1/s1. The number of carbonyl (C=O) groups is 2. The topological polar surface area (TPSA) is 134 Å². The van der Waals surface area contributed by atoms with Crippen LogP contribution < -0.4 is 5.73 Å². The molecule has 2 atom stereocenters. The molecule has 0 heterocycles. The number of phosphoric acid groups is 1. The smallest absolute Gasteiger partial charge is 0.462 e. The Labute approximate surface area is 332 Å². The predicted molar refractivity (Wildman–Crippen MR) is 224 cm³/mol. The fourth-order valence-corrected chi connectivity index (χ4v) is 7.28. The lowest BCUT2D eigenvalue weighted by atomic mass is 10.0. The summed E-state index contributed by atoms with van der Waals surface area (Å²) in [7, 11) is -4.37. The Morgan fingerprint density at radius 3 is 1.31 bits per heavy atom. The second-order valence-corrected chi connectivity index (χ2v) is 16.7. The van der Waals surface area contributed by atoms with Crippen LogP contribution in [0.15, 0.2) is 12.2 Å². The van der Waals surface area contributed by atoms with Gasteiger partial charge in [0, 0.05) is 19.4 Å². The first-order chi connectivity index (χ1) is 26.3. The van der Waals surface area contributed by atoms with Crippen LogP contribution in [0, 0.1) is 0 Å². The third kappa shape index (κ3) is 40.4. The molecule has 0 aliphatic rings. The average molecular weight is 788 g/mol. The van der Waals surface area contributed by atoms with E-state index in [2.05, 4.69) is 26.0 Å². The van der Waals surface area contributed by atoms with E-state index in [1.165, 1.54) is 141 Å². The van der Waals surface area contributed by atoms with Gasteiger partial charge in [-0.3, -0.25) is 18.6 Å². The normalized spacial score (nSPS) is 13.3. The fraction of sp³-hybridized carbons (Fsp3) is 0.909. The number of ether oxygens (including phenoxy) is 2. The molecular weight excluding hydrogens is 701 g/mol. The number of esters is 2. The van der Waals surface area contributed by atoms with E-state index in [-0.39, 0.29) is 38.6 Å². The molecule has 10 heteroatoms. The molecule has 9 nitrogen and oxygen atoms in total. The molecule has 0 aliphatic heterocycles. The fourth-order valence-electron chi connectivity index (χ4n) is 6.51. The SMILES string of the molecule is CCCCCCCCC/C=C\CCCCCCCC(=O)O[C@H](COC(=O)CCCCCCCCCCCCCCCCCCC)COP(=O)(O)OCCN. The van der Waals surface area contributed by atoms with Gasteiger partial charge in [-0.1, -0.05) is 187 Å². The highest BCUT2D eigenvalue weighted by Gasteiger charge is 2.26. The molecule has 0 aromatic heterocycles. The highest BCUT2D eigenvalue weighted by molar-refractivity contribution is 7.47. The Kier molecular flexibility index (Phi) is 40.4. The highest BCUT2D eigenvalue weighted by atomic mass is 31.2. The summed E-state index contributed by atoms with van der Waals surface area (Å²) in [5.41, 5.74) is 5.35. The second kappa shape index (κ2) is 41.4. The molecule has 0 rings (SSSR count). The van der Waals surface area contributed by atoms with E-state index < -0.39 is 26.5 Å². The van der Waals surface area contributed by atoms with Crippen molar-refractivity contribution in [2.24, 2.45) is 5.73 Å². The summed E-state index contributed by atoms with van der Waals surface area (Å²) in [5.74, 6) is -0.826. The lowest BCUT2D eigenvalue weighted by Gasteiger charge is -2.19. The summed E-state index contributed by atoms with van der Waals surface area (Å²) < 4.78 is 32.8. The van der Waals surface area contributed by atoms with Gasteiger partial charge in [-0.05, 0) is 38.5 Å². The molecule has 0 bridgehead atoms. The largest absolute Gasteiger partial charge is 0.472 e. The minimum atomic E-state index is -4.37. The van der Waals surface area contributed by atoms with Crippen LogP contribution in [0.1, 0.15) is 226 Å². The zero-order valence-electron chi connectivity index (χ0n) is 35.2. The third-order valence-corrected chi connectivity index (χ3v) is 10.9. The molecule has 0 saturated heterocycles. The number of allylic oxidation sites excluding steroid dienone is 2. The molecule has 0 saturated carbocycles. The number of rotatable bonds is 43. The quantitative estimate of drug-likeness (QED) is 0.0268. The van der Waals surface area contributed by atoms with Crippen molar-refractivity contribution in [1.29, 1.82) is 0 Å². The molecule has 3 N–H and O–H groups in total. The second-order valence-electron chi connectivity index (χ2n) is 15.3. The number of carbonyl (C=O) groups excluding carboxylic acids is 2. The van der Waals surface area contributed by atoms with Gasteiger partial charge >= 0.3 is 19.8 Å². The Bertz CT molecular complexity index is 902. The monoisotopic (exact) mass is 788 g/mol. The van der Waals surface area contributed by atoms with E-state index in [0.29, 0.717) is 6.42 Å². The first kappa shape index (κ1) is 52.8. The van der Waals surface area contributed by atoms with E-state index in [1.54, 1.807) is 0 Å². The van der Waals surface area contributed by atoms with Crippen LogP contribution in [0.5, 0.6) is 0 Å². The maximum absolute atomic E-state index is 12.6. The van der Waals surface area contributed by atoms with Gasteiger partial charge in [0.05, 0.1) is 13.2 Å². The van der Waals surface area contributed by atoms with Crippen LogP contribution in [0.4, 0.5) is 0 Å².